The molecule has 0 radical (unpaired) electrons. The number of hydrogen-bond donors (Lipinski definition) is 2. The second-order valence-corrected chi connectivity index (χ2v) is 4.29. The van der Waals surface area contributed by atoms with Gasteiger partial charge in [-0.2, -0.15) is 0 Å². The van der Waals surface area contributed by atoms with Crippen LogP contribution < -0.4 is 20.9 Å². The van der Waals surface area contributed by atoms with E-state index in [1.165, 1.54) is 0 Å². The summed E-state index contributed by atoms with van der Waals surface area (Å²) in [5.41, 5.74) is 12.7. The molecule has 1 aliphatic heterocycles. The molecule has 1 atom stereocenters. The van der Waals surface area contributed by atoms with Gasteiger partial charge in [-0.25, -0.2) is 0 Å². The van der Waals surface area contributed by atoms with E-state index in [1.807, 2.05) is 18.2 Å². The van der Waals surface area contributed by atoms with Gasteiger partial charge in [-0.3, -0.25) is 0 Å². The Morgan fingerprint density at radius 3 is 2.71 bits per heavy atom. The first kappa shape index (κ1) is 12.2. The van der Waals surface area contributed by atoms with Crippen LogP contribution in [-0.2, 0) is 0 Å². The highest BCUT2D eigenvalue weighted by molar-refractivity contribution is 5.44. The lowest BCUT2D eigenvalue weighted by molar-refractivity contribution is 0.297. The zero-order valence-corrected chi connectivity index (χ0v) is 10.0. The molecule has 1 unspecified atom stereocenters. The summed E-state index contributed by atoms with van der Waals surface area (Å²) in [4.78, 5) is 0. The molecule has 1 aliphatic rings. The van der Waals surface area contributed by atoms with Crippen LogP contribution in [0.1, 0.15) is 30.9 Å². The van der Waals surface area contributed by atoms with Gasteiger partial charge in [0.1, 0.15) is 0 Å². The van der Waals surface area contributed by atoms with Gasteiger partial charge in [0.25, 0.3) is 0 Å². The lowest BCUT2D eigenvalue weighted by atomic mass is 10.0. The molecule has 0 spiro atoms. The molecule has 1 aromatic carbocycles. The Morgan fingerprint density at radius 2 is 1.94 bits per heavy atom. The molecule has 0 saturated heterocycles. The summed E-state index contributed by atoms with van der Waals surface area (Å²) >= 11 is 0. The topological polar surface area (TPSA) is 70.5 Å². The number of rotatable bonds is 4. The Bertz CT molecular complexity index is 368. The average Bonchev–Trinajstić information content (AvgIpc) is 2.60. The fourth-order valence-corrected chi connectivity index (χ4v) is 1.91. The van der Waals surface area contributed by atoms with E-state index in [0.29, 0.717) is 19.8 Å². The maximum Gasteiger partial charge on any atom is 0.161 e. The zero-order valence-electron chi connectivity index (χ0n) is 10.0. The molecule has 0 bridgehead atoms. The minimum Gasteiger partial charge on any atom is -0.490 e. The highest BCUT2D eigenvalue weighted by atomic mass is 16.5. The third-order valence-electron chi connectivity index (χ3n) is 2.92. The van der Waals surface area contributed by atoms with Gasteiger partial charge in [0.15, 0.2) is 11.5 Å². The quantitative estimate of drug-likeness (QED) is 0.832. The first-order valence-corrected chi connectivity index (χ1v) is 6.16. The van der Waals surface area contributed by atoms with Gasteiger partial charge in [0.05, 0.1) is 13.2 Å². The summed E-state index contributed by atoms with van der Waals surface area (Å²) in [6.07, 6.45) is 2.76. The van der Waals surface area contributed by atoms with E-state index in [9.17, 15) is 0 Å². The van der Waals surface area contributed by atoms with E-state index in [4.69, 9.17) is 20.9 Å². The monoisotopic (exact) mass is 236 g/mol. The van der Waals surface area contributed by atoms with Crippen molar-refractivity contribution in [1.29, 1.82) is 0 Å². The van der Waals surface area contributed by atoms with Crippen molar-refractivity contribution in [3.63, 3.8) is 0 Å². The van der Waals surface area contributed by atoms with Crippen LogP contribution in [0.25, 0.3) is 0 Å². The molecule has 0 amide bonds. The minimum atomic E-state index is 0.0238. The standard InChI is InChI=1S/C13H20N2O2/c14-6-1-3-11(15)10-4-5-12-13(9-10)17-8-2-7-16-12/h4-5,9,11H,1-3,6-8,14-15H2. The molecule has 0 aliphatic carbocycles. The number of nitrogens with two attached hydrogens (primary N) is 2. The molecular weight excluding hydrogens is 216 g/mol. The zero-order chi connectivity index (χ0) is 12.1. The summed E-state index contributed by atoms with van der Waals surface area (Å²) in [6, 6.07) is 5.96. The number of benzene rings is 1. The SMILES string of the molecule is NCCCC(N)c1ccc2c(c1)OCCCO2. The maximum atomic E-state index is 6.10. The summed E-state index contributed by atoms with van der Waals surface area (Å²) in [7, 11) is 0. The number of fused-ring (bicyclic) bond motifs is 1. The van der Waals surface area contributed by atoms with Crippen molar-refractivity contribution >= 4 is 0 Å². The lowest BCUT2D eigenvalue weighted by Crippen LogP contribution is -2.12. The predicted octanol–water partition coefficient (Wildman–Crippen LogP) is 1.59. The van der Waals surface area contributed by atoms with Crippen molar-refractivity contribution in [2.75, 3.05) is 19.8 Å². The summed E-state index contributed by atoms with van der Waals surface area (Å²) in [5, 5.41) is 0. The summed E-state index contributed by atoms with van der Waals surface area (Å²) in [6.45, 7) is 2.10. The van der Waals surface area contributed by atoms with E-state index < -0.39 is 0 Å². The molecule has 1 aromatic rings. The molecule has 0 fully saturated rings. The third kappa shape index (κ3) is 3.11. The van der Waals surface area contributed by atoms with Crippen LogP contribution in [0.2, 0.25) is 0 Å². The van der Waals surface area contributed by atoms with Crippen molar-refractivity contribution < 1.29 is 9.47 Å². The van der Waals surface area contributed by atoms with E-state index in [0.717, 1.165) is 36.3 Å². The first-order chi connectivity index (χ1) is 8.31. The smallest absolute Gasteiger partial charge is 0.161 e. The van der Waals surface area contributed by atoms with Gasteiger partial charge in [0.2, 0.25) is 0 Å². The second-order valence-electron chi connectivity index (χ2n) is 4.29. The van der Waals surface area contributed by atoms with Crippen molar-refractivity contribution in [2.45, 2.75) is 25.3 Å². The van der Waals surface area contributed by atoms with Crippen LogP contribution in [-0.4, -0.2) is 19.8 Å². The molecule has 4 nitrogen and oxygen atoms in total. The van der Waals surface area contributed by atoms with Gasteiger partial charge >= 0.3 is 0 Å². The molecule has 17 heavy (non-hydrogen) atoms. The molecule has 4 N–H and O–H groups in total. The molecule has 0 aromatic heterocycles. The van der Waals surface area contributed by atoms with Crippen molar-refractivity contribution in [3.8, 4) is 11.5 Å². The normalized spacial score (nSPS) is 16.4. The highest BCUT2D eigenvalue weighted by Crippen LogP contribution is 2.32. The Morgan fingerprint density at radius 1 is 1.18 bits per heavy atom. The van der Waals surface area contributed by atoms with E-state index in [1.54, 1.807) is 0 Å². The van der Waals surface area contributed by atoms with E-state index in [-0.39, 0.29) is 6.04 Å². The summed E-state index contributed by atoms with van der Waals surface area (Å²) in [5.74, 6) is 1.63. The van der Waals surface area contributed by atoms with Crippen molar-refractivity contribution in [2.24, 2.45) is 11.5 Å². The van der Waals surface area contributed by atoms with Crippen LogP contribution >= 0.6 is 0 Å². The molecule has 94 valence electrons. The maximum absolute atomic E-state index is 6.10. The molecule has 4 heteroatoms. The van der Waals surface area contributed by atoms with Gasteiger partial charge in [0, 0.05) is 12.5 Å². The molecule has 1 heterocycles. The van der Waals surface area contributed by atoms with E-state index in [2.05, 4.69) is 0 Å². The van der Waals surface area contributed by atoms with Gasteiger partial charge in [-0.05, 0) is 37.1 Å². The fourth-order valence-electron chi connectivity index (χ4n) is 1.91. The molecule has 0 saturated carbocycles. The van der Waals surface area contributed by atoms with Crippen LogP contribution in [0.4, 0.5) is 0 Å². The number of ether oxygens (including phenoxy) is 2. The van der Waals surface area contributed by atoms with E-state index >= 15 is 0 Å². The first-order valence-electron chi connectivity index (χ1n) is 6.16. The predicted molar refractivity (Wildman–Crippen MR) is 67.3 cm³/mol. The van der Waals surface area contributed by atoms with Crippen LogP contribution in [0.3, 0.4) is 0 Å². The van der Waals surface area contributed by atoms with Gasteiger partial charge in [-0.1, -0.05) is 6.07 Å². The van der Waals surface area contributed by atoms with Crippen LogP contribution in [0, 0.1) is 0 Å². The molecular formula is C13H20N2O2. The largest absolute Gasteiger partial charge is 0.490 e. The Hall–Kier alpha value is -1.26. The third-order valence-corrected chi connectivity index (χ3v) is 2.92. The van der Waals surface area contributed by atoms with Crippen LogP contribution in [0.5, 0.6) is 11.5 Å². The lowest BCUT2D eigenvalue weighted by Gasteiger charge is -2.14. The second kappa shape index (κ2) is 5.89. The van der Waals surface area contributed by atoms with Crippen molar-refractivity contribution in [1.82, 2.24) is 0 Å². The number of hydrogen-bond acceptors (Lipinski definition) is 4. The highest BCUT2D eigenvalue weighted by Gasteiger charge is 2.13. The Labute approximate surface area is 102 Å². The molecule has 2 rings (SSSR count). The van der Waals surface area contributed by atoms with Gasteiger partial charge in [-0.15, -0.1) is 0 Å². The van der Waals surface area contributed by atoms with Gasteiger partial charge < -0.3 is 20.9 Å². The van der Waals surface area contributed by atoms with Crippen LogP contribution in [0.15, 0.2) is 18.2 Å². The fraction of sp³-hybridized carbons (Fsp3) is 0.538. The summed E-state index contributed by atoms with van der Waals surface area (Å²) < 4.78 is 11.2. The van der Waals surface area contributed by atoms with Crippen molar-refractivity contribution in [3.05, 3.63) is 23.8 Å². The average molecular weight is 236 g/mol. The minimum absolute atomic E-state index is 0.0238. The Balaban J connectivity index is 2.11. The Kier molecular flexibility index (Phi) is 4.23.